The lowest BCUT2D eigenvalue weighted by Crippen LogP contribution is -2.06. The van der Waals surface area contributed by atoms with Crippen molar-refractivity contribution < 1.29 is 0 Å². The zero-order valence-corrected chi connectivity index (χ0v) is 6.78. The number of nitrogen functional groups attached to an aromatic ring is 1. The van der Waals surface area contributed by atoms with Gasteiger partial charge in [0.25, 0.3) is 0 Å². The van der Waals surface area contributed by atoms with Gasteiger partial charge in [0, 0.05) is 18.6 Å². The molecule has 2 rings (SSSR count). The fraction of sp³-hybridized carbons (Fsp3) is 0.125. The molecule has 0 atom stereocenters. The highest BCUT2D eigenvalue weighted by Gasteiger charge is 1.98. The monoisotopic (exact) mass is 162 g/mol. The van der Waals surface area contributed by atoms with Crippen LogP contribution in [0.15, 0.2) is 24.5 Å². The average molecular weight is 162 g/mol. The van der Waals surface area contributed by atoms with Crippen LogP contribution in [-0.4, -0.2) is 9.55 Å². The summed E-state index contributed by atoms with van der Waals surface area (Å²) < 4.78 is 1.97. The first-order chi connectivity index (χ1) is 5.81. The molecule has 0 radical (unpaired) electrons. The largest absolute Gasteiger partial charge is 0.336 e. The summed E-state index contributed by atoms with van der Waals surface area (Å²) in [7, 11) is 1.96. The van der Waals surface area contributed by atoms with Crippen molar-refractivity contribution in [2.75, 3.05) is 5.43 Å². The van der Waals surface area contributed by atoms with Gasteiger partial charge >= 0.3 is 0 Å². The molecule has 12 heavy (non-hydrogen) atoms. The standard InChI is InChI=1S/C8H10N4/c1-12-3-2-6-4-7(11-9)5-10-8(6)12/h2-5,11H,9H2,1H3. The number of pyridine rings is 1. The van der Waals surface area contributed by atoms with Crippen LogP contribution in [0.2, 0.25) is 0 Å². The van der Waals surface area contributed by atoms with E-state index in [1.165, 1.54) is 0 Å². The number of hydrogen-bond donors (Lipinski definition) is 2. The Hall–Kier alpha value is -1.55. The number of nitrogens with zero attached hydrogens (tertiary/aromatic N) is 2. The van der Waals surface area contributed by atoms with Crippen molar-refractivity contribution in [3.8, 4) is 0 Å². The van der Waals surface area contributed by atoms with E-state index in [9.17, 15) is 0 Å². The third-order valence-corrected chi connectivity index (χ3v) is 1.87. The molecule has 0 saturated carbocycles. The lowest BCUT2D eigenvalue weighted by atomic mass is 10.3. The number of hydrogen-bond acceptors (Lipinski definition) is 3. The molecule has 62 valence electrons. The van der Waals surface area contributed by atoms with E-state index in [0.29, 0.717) is 0 Å². The van der Waals surface area contributed by atoms with Crippen molar-refractivity contribution in [3.63, 3.8) is 0 Å². The molecule has 3 N–H and O–H groups in total. The van der Waals surface area contributed by atoms with Crippen LogP contribution in [0.4, 0.5) is 5.69 Å². The van der Waals surface area contributed by atoms with E-state index in [0.717, 1.165) is 16.7 Å². The van der Waals surface area contributed by atoms with Gasteiger partial charge < -0.3 is 9.99 Å². The van der Waals surface area contributed by atoms with Crippen LogP contribution in [0.25, 0.3) is 11.0 Å². The van der Waals surface area contributed by atoms with Gasteiger partial charge in [0.2, 0.25) is 0 Å². The Morgan fingerprint density at radius 3 is 3.17 bits per heavy atom. The smallest absolute Gasteiger partial charge is 0.139 e. The number of aromatic nitrogens is 2. The Kier molecular flexibility index (Phi) is 1.48. The van der Waals surface area contributed by atoms with Crippen molar-refractivity contribution in [2.45, 2.75) is 0 Å². The average Bonchev–Trinajstić information content (AvgIpc) is 2.47. The molecule has 0 saturated heterocycles. The van der Waals surface area contributed by atoms with E-state index in [2.05, 4.69) is 10.4 Å². The normalized spacial score (nSPS) is 10.5. The van der Waals surface area contributed by atoms with Crippen LogP contribution in [-0.2, 0) is 7.05 Å². The third kappa shape index (κ3) is 0.931. The Bertz CT molecular complexity index is 404. The highest BCUT2D eigenvalue weighted by molar-refractivity contribution is 5.79. The topological polar surface area (TPSA) is 55.9 Å². The summed E-state index contributed by atoms with van der Waals surface area (Å²) in [4.78, 5) is 4.23. The third-order valence-electron chi connectivity index (χ3n) is 1.87. The molecule has 0 bridgehead atoms. The molecule has 0 aromatic carbocycles. The SMILES string of the molecule is Cn1ccc2cc(NN)cnc21. The van der Waals surface area contributed by atoms with Crippen LogP contribution in [0.1, 0.15) is 0 Å². The number of anilines is 1. The molecular weight excluding hydrogens is 152 g/mol. The number of nitrogens with one attached hydrogen (secondary N) is 1. The molecule has 2 aromatic rings. The van der Waals surface area contributed by atoms with Gasteiger partial charge in [-0.25, -0.2) is 4.98 Å². The molecule has 2 aromatic heterocycles. The van der Waals surface area contributed by atoms with Gasteiger partial charge in [0.05, 0.1) is 11.9 Å². The molecule has 0 spiro atoms. The minimum atomic E-state index is 0.828. The maximum atomic E-state index is 5.25. The summed E-state index contributed by atoms with van der Waals surface area (Å²) in [6.07, 6.45) is 3.68. The molecule has 2 heterocycles. The Morgan fingerprint density at radius 1 is 1.58 bits per heavy atom. The summed E-state index contributed by atoms with van der Waals surface area (Å²) in [5.41, 5.74) is 4.35. The predicted octanol–water partition coefficient (Wildman–Crippen LogP) is 0.859. The van der Waals surface area contributed by atoms with E-state index in [1.54, 1.807) is 6.20 Å². The second-order valence-electron chi connectivity index (χ2n) is 2.71. The summed E-state index contributed by atoms with van der Waals surface area (Å²) in [5, 5.41) is 1.09. The lowest BCUT2D eigenvalue weighted by Gasteiger charge is -1.99. The van der Waals surface area contributed by atoms with E-state index < -0.39 is 0 Å². The molecule has 4 heteroatoms. The lowest BCUT2D eigenvalue weighted by molar-refractivity contribution is 0.948. The molecular formula is C8H10N4. The molecule has 0 unspecified atom stereocenters. The second-order valence-corrected chi connectivity index (χ2v) is 2.71. The van der Waals surface area contributed by atoms with Crippen molar-refractivity contribution in [1.29, 1.82) is 0 Å². The summed E-state index contributed by atoms with van der Waals surface area (Å²) in [5.74, 6) is 5.25. The van der Waals surface area contributed by atoms with Crippen molar-refractivity contribution >= 4 is 16.7 Å². The Morgan fingerprint density at radius 2 is 2.42 bits per heavy atom. The fourth-order valence-electron chi connectivity index (χ4n) is 1.23. The predicted molar refractivity (Wildman–Crippen MR) is 48.5 cm³/mol. The Labute approximate surface area is 70.0 Å². The van der Waals surface area contributed by atoms with Crippen LogP contribution in [0.5, 0.6) is 0 Å². The maximum absolute atomic E-state index is 5.25. The summed E-state index contributed by atoms with van der Waals surface area (Å²) in [6, 6.07) is 3.96. The van der Waals surface area contributed by atoms with Gasteiger partial charge in [-0.1, -0.05) is 0 Å². The summed E-state index contributed by atoms with van der Waals surface area (Å²) >= 11 is 0. The fourth-order valence-corrected chi connectivity index (χ4v) is 1.23. The maximum Gasteiger partial charge on any atom is 0.139 e. The van der Waals surface area contributed by atoms with E-state index in [-0.39, 0.29) is 0 Å². The van der Waals surface area contributed by atoms with Crippen molar-refractivity contribution in [3.05, 3.63) is 24.5 Å². The Balaban J connectivity index is 2.69. The zero-order valence-electron chi connectivity index (χ0n) is 6.78. The van der Waals surface area contributed by atoms with E-state index in [1.807, 2.05) is 29.9 Å². The van der Waals surface area contributed by atoms with Crippen molar-refractivity contribution in [1.82, 2.24) is 9.55 Å². The van der Waals surface area contributed by atoms with Crippen LogP contribution in [0.3, 0.4) is 0 Å². The van der Waals surface area contributed by atoms with Crippen LogP contribution >= 0.6 is 0 Å². The minimum Gasteiger partial charge on any atom is -0.336 e. The molecule has 4 nitrogen and oxygen atoms in total. The van der Waals surface area contributed by atoms with Gasteiger partial charge in [0.1, 0.15) is 5.65 Å². The highest BCUT2D eigenvalue weighted by atomic mass is 15.2. The second kappa shape index (κ2) is 2.49. The van der Waals surface area contributed by atoms with Crippen LogP contribution in [0, 0.1) is 0 Å². The van der Waals surface area contributed by atoms with Crippen molar-refractivity contribution in [2.24, 2.45) is 12.9 Å². The molecule has 0 aliphatic rings. The molecule has 0 amide bonds. The molecule has 0 aliphatic heterocycles. The first-order valence-electron chi connectivity index (χ1n) is 3.69. The number of nitrogens with two attached hydrogens (primary N) is 1. The van der Waals surface area contributed by atoms with E-state index >= 15 is 0 Å². The van der Waals surface area contributed by atoms with Gasteiger partial charge in [-0.15, -0.1) is 0 Å². The molecule has 0 aliphatic carbocycles. The van der Waals surface area contributed by atoms with Gasteiger partial charge in [-0.3, -0.25) is 5.84 Å². The number of rotatable bonds is 1. The summed E-state index contributed by atoms with van der Waals surface area (Å²) in [6.45, 7) is 0. The van der Waals surface area contributed by atoms with Gasteiger partial charge in [-0.05, 0) is 12.1 Å². The van der Waals surface area contributed by atoms with Gasteiger partial charge in [0.15, 0.2) is 0 Å². The number of hydrazine groups is 1. The minimum absolute atomic E-state index is 0.828. The van der Waals surface area contributed by atoms with E-state index in [4.69, 9.17) is 5.84 Å². The molecule has 0 fully saturated rings. The first-order valence-corrected chi connectivity index (χ1v) is 3.69. The van der Waals surface area contributed by atoms with Crippen LogP contribution < -0.4 is 11.3 Å². The number of aryl methyl sites for hydroxylation is 1. The first kappa shape index (κ1) is 7.12. The quantitative estimate of drug-likeness (QED) is 0.483. The number of fused-ring (bicyclic) bond motifs is 1. The zero-order chi connectivity index (χ0) is 8.55. The van der Waals surface area contributed by atoms with Gasteiger partial charge in [-0.2, -0.15) is 0 Å². The highest BCUT2D eigenvalue weighted by Crippen LogP contribution is 2.15.